The molecule has 0 radical (unpaired) electrons. The summed E-state index contributed by atoms with van der Waals surface area (Å²) in [7, 11) is 1.58. The molecule has 2 N–H and O–H groups in total. The number of rotatable bonds is 8. The molecule has 0 saturated carbocycles. The van der Waals surface area contributed by atoms with Gasteiger partial charge in [-0.05, 0) is 12.1 Å². The van der Waals surface area contributed by atoms with E-state index in [9.17, 15) is 4.79 Å². The van der Waals surface area contributed by atoms with Gasteiger partial charge < -0.3 is 29.2 Å². The van der Waals surface area contributed by atoms with E-state index in [0.29, 0.717) is 62.0 Å². The second kappa shape index (κ2) is 11.6. The Morgan fingerprint density at radius 3 is 2.55 bits per heavy atom. The van der Waals surface area contributed by atoms with Gasteiger partial charge in [-0.2, -0.15) is 9.97 Å². The Balaban J connectivity index is 1.42. The van der Waals surface area contributed by atoms with Crippen LogP contribution in [0.4, 0.5) is 22.2 Å². The first-order chi connectivity index (χ1) is 16.2. The maximum Gasteiger partial charge on any atom is 0.324 e. The number of hydrogen-bond donors (Lipinski definition) is 2. The molecule has 2 aromatic rings. The number of morpholine rings is 2. The molecule has 11 nitrogen and oxygen atoms in total. The molecule has 0 aliphatic carbocycles. The number of ether oxygens (including phenoxy) is 4. The Kier molecular flexibility index (Phi) is 8.12. The highest BCUT2D eigenvalue weighted by Crippen LogP contribution is 2.21. The van der Waals surface area contributed by atoms with Crippen LogP contribution in [0.25, 0.3) is 0 Å². The third kappa shape index (κ3) is 6.91. The van der Waals surface area contributed by atoms with Crippen molar-refractivity contribution in [3.05, 3.63) is 30.3 Å². The molecular weight excluding hydrogens is 428 g/mol. The second-order valence-electron chi connectivity index (χ2n) is 7.60. The van der Waals surface area contributed by atoms with Crippen LogP contribution in [0, 0.1) is 0 Å². The van der Waals surface area contributed by atoms with E-state index in [0.717, 1.165) is 32.8 Å². The van der Waals surface area contributed by atoms with Crippen molar-refractivity contribution in [2.24, 2.45) is 0 Å². The summed E-state index contributed by atoms with van der Waals surface area (Å²) in [6.45, 7) is 7.08. The van der Waals surface area contributed by atoms with Gasteiger partial charge in [0, 0.05) is 50.5 Å². The monoisotopic (exact) mass is 458 g/mol. The summed E-state index contributed by atoms with van der Waals surface area (Å²) in [5.74, 6) is 1.92. The van der Waals surface area contributed by atoms with Crippen LogP contribution >= 0.6 is 0 Å². The number of benzene rings is 1. The molecule has 2 aliphatic rings. The predicted molar refractivity (Wildman–Crippen MR) is 123 cm³/mol. The third-order valence-corrected chi connectivity index (χ3v) is 5.32. The van der Waals surface area contributed by atoms with Crippen molar-refractivity contribution in [3.63, 3.8) is 0 Å². The smallest absolute Gasteiger partial charge is 0.324 e. The number of amides is 2. The number of carbonyl (C=O) groups is 1. The lowest BCUT2D eigenvalue weighted by atomic mass is 10.3. The molecule has 2 amide bonds. The van der Waals surface area contributed by atoms with E-state index < -0.39 is 6.03 Å². The summed E-state index contributed by atoms with van der Waals surface area (Å²) in [5.41, 5.74) is 0.608. The number of aromatic nitrogens is 2. The van der Waals surface area contributed by atoms with Crippen LogP contribution in [-0.4, -0.2) is 93.8 Å². The minimum Gasteiger partial charge on any atom is -0.497 e. The van der Waals surface area contributed by atoms with E-state index in [1.807, 2.05) is 11.0 Å². The highest BCUT2D eigenvalue weighted by atomic mass is 16.5. The normalized spacial score (nSPS) is 16.8. The lowest BCUT2D eigenvalue weighted by Gasteiger charge is -2.28. The fourth-order valence-electron chi connectivity index (χ4n) is 3.54. The molecule has 2 aliphatic heterocycles. The van der Waals surface area contributed by atoms with Crippen molar-refractivity contribution in [2.45, 2.75) is 0 Å². The molecule has 0 atom stereocenters. The maximum absolute atomic E-state index is 12.6. The zero-order valence-electron chi connectivity index (χ0n) is 18.8. The first-order valence-electron chi connectivity index (χ1n) is 11.1. The van der Waals surface area contributed by atoms with Crippen LogP contribution in [-0.2, 0) is 9.47 Å². The first-order valence-corrected chi connectivity index (χ1v) is 11.1. The molecule has 0 bridgehead atoms. The predicted octanol–water partition coefficient (Wildman–Crippen LogP) is 1.68. The lowest BCUT2D eigenvalue weighted by molar-refractivity contribution is 0.0320. The van der Waals surface area contributed by atoms with Crippen molar-refractivity contribution in [2.75, 3.05) is 88.4 Å². The summed E-state index contributed by atoms with van der Waals surface area (Å²) < 4.78 is 21.9. The minimum absolute atomic E-state index is 0.355. The number of carbonyl (C=O) groups excluding carboxylic acids is 1. The average Bonchev–Trinajstić information content (AvgIpc) is 2.85. The van der Waals surface area contributed by atoms with Crippen LogP contribution in [0.2, 0.25) is 0 Å². The molecule has 2 fully saturated rings. The molecule has 1 aromatic carbocycles. The summed E-state index contributed by atoms with van der Waals surface area (Å²) in [6, 6.07) is 8.34. The van der Waals surface area contributed by atoms with Gasteiger partial charge in [-0.25, -0.2) is 4.79 Å². The van der Waals surface area contributed by atoms with E-state index in [2.05, 4.69) is 25.5 Å². The van der Waals surface area contributed by atoms with Crippen molar-refractivity contribution in [1.82, 2.24) is 14.9 Å². The lowest BCUT2D eigenvalue weighted by Crippen LogP contribution is -2.39. The van der Waals surface area contributed by atoms with Gasteiger partial charge in [0.1, 0.15) is 18.2 Å². The van der Waals surface area contributed by atoms with Crippen molar-refractivity contribution < 1.29 is 23.7 Å². The fourth-order valence-corrected chi connectivity index (χ4v) is 3.54. The van der Waals surface area contributed by atoms with Gasteiger partial charge in [-0.15, -0.1) is 0 Å². The SMILES string of the molecule is COc1cccc(NC(=O)Nc2cc(OCCN3CCOCC3)nc(N3CCOCC3)n2)c1. The summed E-state index contributed by atoms with van der Waals surface area (Å²) in [5, 5.41) is 5.57. The number of nitrogens with zero attached hydrogens (tertiary/aromatic N) is 4. The molecule has 0 unspecified atom stereocenters. The largest absolute Gasteiger partial charge is 0.497 e. The van der Waals surface area contributed by atoms with Gasteiger partial charge in [-0.3, -0.25) is 10.2 Å². The molecule has 3 heterocycles. The van der Waals surface area contributed by atoms with E-state index in [1.54, 1.807) is 31.4 Å². The van der Waals surface area contributed by atoms with Gasteiger partial charge in [0.05, 0.1) is 33.5 Å². The quantitative estimate of drug-likeness (QED) is 0.610. The number of urea groups is 1. The maximum atomic E-state index is 12.6. The molecule has 33 heavy (non-hydrogen) atoms. The van der Waals surface area contributed by atoms with Crippen LogP contribution in [0.1, 0.15) is 0 Å². The summed E-state index contributed by atoms with van der Waals surface area (Å²) >= 11 is 0. The number of hydrogen-bond acceptors (Lipinski definition) is 9. The standard InChI is InChI=1S/C22H30N6O5/c1-30-18-4-2-3-17(15-18)23-22(29)25-19-16-20(33-14-7-27-5-10-31-11-6-27)26-21(24-19)28-8-12-32-13-9-28/h2-4,15-16H,5-14H2,1H3,(H2,23,24,25,26,29). The van der Waals surface area contributed by atoms with Gasteiger partial charge in [0.25, 0.3) is 0 Å². The van der Waals surface area contributed by atoms with Gasteiger partial charge in [0.2, 0.25) is 11.8 Å². The summed E-state index contributed by atoms with van der Waals surface area (Å²) in [6.07, 6.45) is 0. The zero-order valence-corrected chi connectivity index (χ0v) is 18.8. The highest BCUT2D eigenvalue weighted by molar-refractivity contribution is 5.99. The molecule has 1 aromatic heterocycles. The number of anilines is 3. The van der Waals surface area contributed by atoms with E-state index in [-0.39, 0.29) is 0 Å². The third-order valence-electron chi connectivity index (χ3n) is 5.32. The van der Waals surface area contributed by atoms with E-state index >= 15 is 0 Å². The Bertz CT molecular complexity index is 918. The Labute approximate surface area is 193 Å². The Hall–Kier alpha value is -3.15. The molecule has 2 saturated heterocycles. The van der Waals surface area contributed by atoms with Crippen molar-refractivity contribution in [3.8, 4) is 11.6 Å². The van der Waals surface area contributed by atoms with Gasteiger partial charge >= 0.3 is 6.03 Å². The minimum atomic E-state index is -0.422. The summed E-state index contributed by atoms with van der Waals surface area (Å²) in [4.78, 5) is 26.0. The van der Waals surface area contributed by atoms with Crippen LogP contribution in [0.3, 0.4) is 0 Å². The molecule has 0 spiro atoms. The van der Waals surface area contributed by atoms with E-state index in [4.69, 9.17) is 18.9 Å². The molecule has 178 valence electrons. The zero-order chi connectivity index (χ0) is 22.9. The van der Waals surface area contributed by atoms with Crippen LogP contribution in [0.15, 0.2) is 30.3 Å². The first kappa shape index (κ1) is 23.0. The molecule has 4 rings (SSSR count). The molecular formula is C22H30N6O5. The van der Waals surface area contributed by atoms with Crippen molar-refractivity contribution >= 4 is 23.5 Å². The highest BCUT2D eigenvalue weighted by Gasteiger charge is 2.18. The van der Waals surface area contributed by atoms with Crippen molar-refractivity contribution in [1.29, 1.82) is 0 Å². The van der Waals surface area contributed by atoms with Crippen LogP contribution in [0.5, 0.6) is 11.6 Å². The van der Waals surface area contributed by atoms with Crippen LogP contribution < -0.4 is 25.0 Å². The Morgan fingerprint density at radius 1 is 1.03 bits per heavy atom. The molecule has 11 heteroatoms. The second-order valence-corrected chi connectivity index (χ2v) is 7.60. The number of methoxy groups -OCH3 is 1. The van der Waals surface area contributed by atoms with Gasteiger partial charge in [0.15, 0.2) is 0 Å². The number of nitrogens with one attached hydrogen (secondary N) is 2. The van der Waals surface area contributed by atoms with E-state index in [1.165, 1.54) is 0 Å². The fraction of sp³-hybridized carbons (Fsp3) is 0.500. The van der Waals surface area contributed by atoms with Gasteiger partial charge in [-0.1, -0.05) is 6.07 Å². The average molecular weight is 459 g/mol. The topological polar surface area (TPSA) is 110 Å². The Morgan fingerprint density at radius 2 is 1.79 bits per heavy atom.